The lowest BCUT2D eigenvalue weighted by Gasteiger charge is -2.05. The maximum absolute atomic E-state index is 4.99. The third-order valence-electron chi connectivity index (χ3n) is 2.78. The number of nitrogens with one attached hydrogen (secondary N) is 1. The summed E-state index contributed by atoms with van der Waals surface area (Å²) in [4.78, 5) is 4.29. The third-order valence-corrected chi connectivity index (χ3v) is 2.78. The molecule has 2 aromatic heterocycles. The molecule has 0 amide bonds. The highest BCUT2D eigenvalue weighted by atomic mass is 16.5. The smallest absolute Gasteiger partial charge is 0.153 e. The molecule has 5 heteroatoms. The van der Waals surface area contributed by atoms with E-state index in [0.29, 0.717) is 6.61 Å². The van der Waals surface area contributed by atoms with E-state index in [4.69, 9.17) is 4.74 Å². The van der Waals surface area contributed by atoms with Crippen LogP contribution in [0.4, 0.5) is 0 Å². The second-order valence-electron chi connectivity index (χ2n) is 4.02. The maximum Gasteiger partial charge on any atom is 0.153 e. The van der Waals surface area contributed by atoms with Gasteiger partial charge in [0, 0.05) is 37.7 Å². The molecule has 2 aromatic rings. The summed E-state index contributed by atoms with van der Waals surface area (Å²) in [5.41, 5.74) is 2.29. The summed E-state index contributed by atoms with van der Waals surface area (Å²) in [5.74, 6) is 0.846. The summed E-state index contributed by atoms with van der Waals surface area (Å²) in [6.07, 6.45) is 3.65. The minimum Gasteiger partial charge on any atom is -0.383 e. The Hall–Kier alpha value is -1.72. The number of hydrogen-bond acceptors (Lipinski definition) is 4. The number of pyridine rings is 1. The van der Waals surface area contributed by atoms with Crippen molar-refractivity contribution in [3.05, 3.63) is 41.9 Å². The quantitative estimate of drug-likeness (QED) is 0.781. The van der Waals surface area contributed by atoms with Crippen LogP contribution in [0.3, 0.4) is 0 Å². The van der Waals surface area contributed by atoms with Gasteiger partial charge in [-0.25, -0.2) is 9.67 Å². The molecule has 2 rings (SSSR count). The molecular weight excluding hydrogens is 228 g/mol. The number of hydrogen-bond donors (Lipinski definition) is 1. The first-order valence-corrected chi connectivity index (χ1v) is 5.97. The summed E-state index contributed by atoms with van der Waals surface area (Å²) in [6.45, 7) is 4.40. The Morgan fingerprint density at radius 1 is 1.39 bits per heavy atom. The van der Waals surface area contributed by atoms with E-state index >= 15 is 0 Å². The maximum atomic E-state index is 4.99. The van der Waals surface area contributed by atoms with Gasteiger partial charge in [-0.05, 0) is 19.1 Å². The molecule has 1 N–H and O–H groups in total. The Morgan fingerprint density at radius 2 is 2.28 bits per heavy atom. The average Bonchev–Trinajstić information content (AvgIpc) is 2.77. The van der Waals surface area contributed by atoms with Gasteiger partial charge in [-0.1, -0.05) is 6.07 Å². The lowest BCUT2D eigenvalue weighted by Crippen LogP contribution is -2.18. The largest absolute Gasteiger partial charge is 0.383 e. The number of methoxy groups -OCH3 is 1. The van der Waals surface area contributed by atoms with E-state index in [1.807, 2.05) is 29.1 Å². The molecule has 5 nitrogen and oxygen atoms in total. The van der Waals surface area contributed by atoms with Gasteiger partial charge in [0.2, 0.25) is 0 Å². The Balaban J connectivity index is 2.05. The second-order valence-corrected chi connectivity index (χ2v) is 4.02. The summed E-state index contributed by atoms with van der Waals surface area (Å²) >= 11 is 0. The van der Waals surface area contributed by atoms with E-state index in [1.165, 1.54) is 5.56 Å². The molecule has 0 unspecified atom stereocenters. The fourth-order valence-electron chi connectivity index (χ4n) is 1.72. The number of rotatable bonds is 6. The SMILES string of the molecule is COCCNCc1cnn(-c2ccccn2)c1C. The molecular formula is C13H18N4O. The van der Waals surface area contributed by atoms with Crippen LogP contribution in [0.1, 0.15) is 11.3 Å². The highest BCUT2D eigenvalue weighted by Gasteiger charge is 2.07. The number of nitrogens with zero attached hydrogens (tertiary/aromatic N) is 3. The molecule has 0 spiro atoms. The van der Waals surface area contributed by atoms with Gasteiger partial charge >= 0.3 is 0 Å². The van der Waals surface area contributed by atoms with Crippen LogP contribution in [0.15, 0.2) is 30.6 Å². The van der Waals surface area contributed by atoms with Crippen LogP contribution in [0, 0.1) is 6.92 Å². The van der Waals surface area contributed by atoms with Gasteiger partial charge < -0.3 is 10.1 Å². The van der Waals surface area contributed by atoms with Gasteiger partial charge in [0.25, 0.3) is 0 Å². The van der Waals surface area contributed by atoms with Crippen molar-refractivity contribution in [3.8, 4) is 5.82 Å². The van der Waals surface area contributed by atoms with Crippen LogP contribution in [-0.2, 0) is 11.3 Å². The number of aromatic nitrogens is 3. The van der Waals surface area contributed by atoms with Crippen molar-refractivity contribution in [2.75, 3.05) is 20.3 Å². The molecule has 0 aliphatic rings. The summed E-state index contributed by atoms with van der Waals surface area (Å²) in [6, 6.07) is 5.80. The monoisotopic (exact) mass is 246 g/mol. The van der Waals surface area contributed by atoms with Crippen LogP contribution >= 0.6 is 0 Å². The fourth-order valence-corrected chi connectivity index (χ4v) is 1.72. The molecule has 96 valence electrons. The van der Waals surface area contributed by atoms with Gasteiger partial charge in [-0.2, -0.15) is 5.10 Å². The first-order valence-electron chi connectivity index (χ1n) is 5.97. The van der Waals surface area contributed by atoms with Crippen LogP contribution in [-0.4, -0.2) is 35.0 Å². The van der Waals surface area contributed by atoms with Crippen LogP contribution in [0.2, 0.25) is 0 Å². The van der Waals surface area contributed by atoms with Gasteiger partial charge in [0.1, 0.15) is 0 Å². The van der Waals surface area contributed by atoms with Crippen molar-refractivity contribution in [2.45, 2.75) is 13.5 Å². The normalized spacial score (nSPS) is 10.8. The molecule has 0 saturated carbocycles. The van der Waals surface area contributed by atoms with Crippen molar-refractivity contribution < 1.29 is 4.74 Å². The topological polar surface area (TPSA) is 52.0 Å². The Bertz CT molecular complexity index is 481. The van der Waals surface area contributed by atoms with E-state index in [2.05, 4.69) is 22.3 Å². The highest BCUT2D eigenvalue weighted by molar-refractivity contribution is 5.27. The minimum absolute atomic E-state index is 0.716. The summed E-state index contributed by atoms with van der Waals surface area (Å²) in [7, 11) is 1.70. The van der Waals surface area contributed by atoms with E-state index in [0.717, 1.165) is 24.6 Å². The van der Waals surface area contributed by atoms with E-state index in [1.54, 1.807) is 13.3 Å². The molecule has 0 aliphatic heterocycles. The summed E-state index contributed by atoms with van der Waals surface area (Å²) in [5, 5.41) is 7.68. The summed E-state index contributed by atoms with van der Waals surface area (Å²) < 4.78 is 6.85. The average molecular weight is 246 g/mol. The zero-order chi connectivity index (χ0) is 12.8. The lowest BCUT2D eigenvalue weighted by molar-refractivity contribution is 0.199. The Labute approximate surface area is 107 Å². The molecule has 2 heterocycles. The van der Waals surface area contributed by atoms with Gasteiger partial charge in [-0.15, -0.1) is 0 Å². The predicted molar refractivity (Wildman–Crippen MR) is 69.7 cm³/mol. The molecule has 0 saturated heterocycles. The molecule has 0 atom stereocenters. The molecule has 0 aromatic carbocycles. The minimum atomic E-state index is 0.716. The van der Waals surface area contributed by atoms with Crippen LogP contribution < -0.4 is 5.32 Å². The zero-order valence-electron chi connectivity index (χ0n) is 10.8. The zero-order valence-corrected chi connectivity index (χ0v) is 10.8. The molecule has 0 aliphatic carbocycles. The fraction of sp³-hybridized carbons (Fsp3) is 0.385. The van der Waals surface area contributed by atoms with E-state index in [9.17, 15) is 0 Å². The first-order chi connectivity index (χ1) is 8.83. The van der Waals surface area contributed by atoms with E-state index < -0.39 is 0 Å². The lowest BCUT2D eigenvalue weighted by atomic mass is 10.2. The predicted octanol–water partition coefficient (Wildman–Crippen LogP) is 1.31. The van der Waals surface area contributed by atoms with Crippen molar-refractivity contribution in [1.82, 2.24) is 20.1 Å². The Kier molecular flexibility index (Phi) is 4.44. The van der Waals surface area contributed by atoms with Crippen LogP contribution in [0.25, 0.3) is 5.82 Å². The van der Waals surface area contributed by atoms with Crippen molar-refractivity contribution >= 4 is 0 Å². The highest BCUT2D eigenvalue weighted by Crippen LogP contribution is 2.11. The van der Waals surface area contributed by atoms with Crippen molar-refractivity contribution in [2.24, 2.45) is 0 Å². The second kappa shape index (κ2) is 6.28. The Morgan fingerprint density at radius 3 is 3.00 bits per heavy atom. The van der Waals surface area contributed by atoms with Gasteiger partial charge in [0.05, 0.1) is 12.8 Å². The first kappa shape index (κ1) is 12.7. The van der Waals surface area contributed by atoms with Crippen molar-refractivity contribution in [3.63, 3.8) is 0 Å². The van der Waals surface area contributed by atoms with Gasteiger partial charge in [-0.3, -0.25) is 0 Å². The van der Waals surface area contributed by atoms with E-state index in [-0.39, 0.29) is 0 Å². The molecule has 0 bridgehead atoms. The molecule has 18 heavy (non-hydrogen) atoms. The van der Waals surface area contributed by atoms with Crippen molar-refractivity contribution in [1.29, 1.82) is 0 Å². The van der Waals surface area contributed by atoms with Gasteiger partial charge in [0.15, 0.2) is 5.82 Å². The third kappa shape index (κ3) is 2.94. The standard InChI is InChI=1S/C13H18N4O/c1-11-12(9-14-7-8-18-2)10-16-17(11)13-5-3-4-6-15-13/h3-6,10,14H,7-9H2,1-2H3. The number of ether oxygens (including phenoxy) is 1. The van der Waals surface area contributed by atoms with Crippen LogP contribution in [0.5, 0.6) is 0 Å². The molecule has 0 fully saturated rings. The molecule has 0 radical (unpaired) electrons.